The Kier molecular flexibility index (Phi) is 3.76. The van der Waals surface area contributed by atoms with Crippen LogP contribution in [0.5, 0.6) is 0 Å². The lowest BCUT2D eigenvalue weighted by Crippen LogP contribution is -1.96. The first-order valence-corrected chi connectivity index (χ1v) is 7.80. The molecule has 1 aromatic heterocycles. The van der Waals surface area contributed by atoms with E-state index in [9.17, 15) is 0 Å². The van der Waals surface area contributed by atoms with E-state index in [1.807, 2.05) is 35.1 Å². The standard InChI is InChI=1S/C16H12Br2N2/c1-11-8-13(17)6-7-16(11)20-10-12(9-19-20)14-4-2-3-5-15(14)18/h2-10H,1H3. The summed E-state index contributed by atoms with van der Waals surface area (Å²) in [7, 11) is 0. The van der Waals surface area contributed by atoms with Crippen LogP contribution in [0.2, 0.25) is 0 Å². The smallest absolute Gasteiger partial charge is 0.0675 e. The summed E-state index contributed by atoms with van der Waals surface area (Å²) in [4.78, 5) is 0. The lowest BCUT2D eigenvalue weighted by atomic mass is 10.1. The molecule has 2 nitrogen and oxygen atoms in total. The van der Waals surface area contributed by atoms with E-state index in [1.54, 1.807) is 0 Å². The number of aryl methyl sites for hydroxylation is 1. The summed E-state index contributed by atoms with van der Waals surface area (Å²) in [6.45, 7) is 2.08. The molecule has 0 aliphatic rings. The van der Waals surface area contributed by atoms with Crippen molar-refractivity contribution in [3.05, 3.63) is 69.4 Å². The monoisotopic (exact) mass is 390 g/mol. The summed E-state index contributed by atoms with van der Waals surface area (Å²) in [5, 5.41) is 4.47. The summed E-state index contributed by atoms with van der Waals surface area (Å²) in [6.07, 6.45) is 3.94. The van der Waals surface area contributed by atoms with E-state index >= 15 is 0 Å². The topological polar surface area (TPSA) is 17.8 Å². The normalized spacial score (nSPS) is 10.8. The highest BCUT2D eigenvalue weighted by Gasteiger charge is 2.08. The van der Waals surface area contributed by atoms with Crippen molar-refractivity contribution in [1.29, 1.82) is 0 Å². The average molecular weight is 392 g/mol. The van der Waals surface area contributed by atoms with Crippen LogP contribution in [0.25, 0.3) is 16.8 Å². The molecule has 0 aliphatic carbocycles. The second-order valence-electron chi connectivity index (χ2n) is 4.58. The van der Waals surface area contributed by atoms with Crippen molar-refractivity contribution in [3.63, 3.8) is 0 Å². The molecule has 1 heterocycles. The van der Waals surface area contributed by atoms with Gasteiger partial charge < -0.3 is 0 Å². The SMILES string of the molecule is Cc1cc(Br)ccc1-n1cc(-c2ccccc2Br)cn1. The third kappa shape index (κ3) is 2.58. The van der Waals surface area contributed by atoms with Crippen molar-refractivity contribution in [1.82, 2.24) is 9.78 Å². The van der Waals surface area contributed by atoms with Gasteiger partial charge in [0.1, 0.15) is 0 Å². The van der Waals surface area contributed by atoms with Crippen LogP contribution in [-0.4, -0.2) is 9.78 Å². The number of halogens is 2. The lowest BCUT2D eigenvalue weighted by Gasteiger charge is -2.06. The average Bonchev–Trinajstić information content (AvgIpc) is 2.88. The van der Waals surface area contributed by atoms with Crippen molar-refractivity contribution in [2.24, 2.45) is 0 Å². The largest absolute Gasteiger partial charge is 0.240 e. The van der Waals surface area contributed by atoms with Crippen LogP contribution in [0.15, 0.2) is 63.8 Å². The van der Waals surface area contributed by atoms with Crippen LogP contribution >= 0.6 is 31.9 Å². The molecule has 0 atom stereocenters. The van der Waals surface area contributed by atoms with Crippen LogP contribution in [0.1, 0.15) is 5.56 Å². The van der Waals surface area contributed by atoms with E-state index in [-0.39, 0.29) is 0 Å². The van der Waals surface area contributed by atoms with Crippen LogP contribution < -0.4 is 0 Å². The Labute approximate surface area is 134 Å². The zero-order valence-corrected chi connectivity index (χ0v) is 14.0. The van der Waals surface area contributed by atoms with E-state index in [1.165, 1.54) is 5.56 Å². The van der Waals surface area contributed by atoms with Gasteiger partial charge in [0.15, 0.2) is 0 Å². The number of benzene rings is 2. The first kappa shape index (κ1) is 13.6. The fourth-order valence-electron chi connectivity index (χ4n) is 2.16. The van der Waals surface area contributed by atoms with Crippen LogP contribution in [-0.2, 0) is 0 Å². The molecule has 0 fully saturated rings. The molecule has 0 bridgehead atoms. The van der Waals surface area contributed by atoms with Crippen molar-refractivity contribution in [3.8, 4) is 16.8 Å². The highest BCUT2D eigenvalue weighted by atomic mass is 79.9. The third-order valence-electron chi connectivity index (χ3n) is 3.17. The minimum absolute atomic E-state index is 1.08. The minimum Gasteiger partial charge on any atom is -0.240 e. The molecule has 0 amide bonds. The summed E-state index contributed by atoms with van der Waals surface area (Å²) in [5.74, 6) is 0. The molecule has 3 rings (SSSR count). The predicted octanol–water partition coefficient (Wildman–Crippen LogP) is 5.37. The maximum atomic E-state index is 4.47. The first-order valence-electron chi connectivity index (χ1n) is 6.21. The van der Waals surface area contributed by atoms with Gasteiger partial charge in [0.2, 0.25) is 0 Å². The summed E-state index contributed by atoms with van der Waals surface area (Å²) < 4.78 is 4.07. The number of aromatic nitrogens is 2. The molecule has 0 radical (unpaired) electrons. The maximum Gasteiger partial charge on any atom is 0.0675 e. The number of rotatable bonds is 2. The molecule has 4 heteroatoms. The number of nitrogens with zero attached hydrogens (tertiary/aromatic N) is 2. The lowest BCUT2D eigenvalue weighted by molar-refractivity contribution is 0.872. The molecule has 0 saturated carbocycles. The van der Waals surface area contributed by atoms with E-state index in [0.717, 1.165) is 25.8 Å². The van der Waals surface area contributed by atoms with E-state index in [0.29, 0.717) is 0 Å². The van der Waals surface area contributed by atoms with Crippen LogP contribution in [0, 0.1) is 6.92 Å². The van der Waals surface area contributed by atoms with Gasteiger partial charge in [0, 0.05) is 20.7 Å². The van der Waals surface area contributed by atoms with Crippen molar-refractivity contribution >= 4 is 31.9 Å². The summed E-state index contributed by atoms with van der Waals surface area (Å²) >= 11 is 7.06. The van der Waals surface area contributed by atoms with Gasteiger partial charge in [0.05, 0.1) is 11.9 Å². The van der Waals surface area contributed by atoms with Gasteiger partial charge >= 0.3 is 0 Å². The Bertz CT molecular complexity index is 763. The van der Waals surface area contributed by atoms with Crippen molar-refractivity contribution in [2.75, 3.05) is 0 Å². The minimum atomic E-state index is 1.08. The predicted molar refractivity (Wildman–Crippen MR) is 89.1 cm³/mol. The van der Waals surface area contributed by atoms with Crippen LogP contribution in [0.4, 0.5) is 0 Å². The second-order valence-corrected chi connectivity index (χ2v) is 6.35. The van der Waals surface area contributed by atoms with E-state index in [4.69, 9.17) is 0 Å². The highest BCUT2D eigenvalue weighted by Crippen LogP contribution is 2.28. The summed E-state index contributed by atoms with van der Waals surface area (Å²) in [5.41, 5.74) is 4.51. The molecule has 2 aromatic carbocycles. The van der Waals surface area contributed by atoms with Gasteiger partial charge in [-0.15, -0.1) is 0 Å². The molecule has 20 heavy (non-hydrogen) atoms. The van der Waals surface area contributed by atoms with E-state index in [2.05, 4.69) is 68.3 Å². The second kappa shape index (κ2) is 5.54. The Morgan fingerprint density at radius 2 is 1.85 bits per heavy atom. The summed E-state index contributed by atoms with van der Waals surface area (Å²) in [6, 6.07) is 14.4. The zero-order chi connectivity index (χ0) is 14.1. The van der Waals surface area contributed by atoms with Gasteiger partial charge in [-0.2, -0.15) is 5.10 Å². The van der Waals surface area contributed by atoms with Gasteiger partial charge in [-0.25, -0.2) is 4.68 Å². The molecule has 0 unspecified atom stereocenters. The quantitative estimate of drug-likeness (QED) is 0.573. The molecule has 0 aliphatic heterocycles. The van der Waals surface area contributed by atoms with Crippen molar-refractivity contribution < 1.29 is 0 Å². The van der Waals surface area contributed by atoms with Gasteiger partial charge in [-0.3, -0.25) is 0 Å². The fraction of sp³-hybridized carbons (Fsp3) is 0.0625. The maximum absolute atomic E-state index is 4.47. The molecular formula is C16H12Br2N2. The van der Waals surface area contributed by atoms with Gasteiger partial charge in [-0.05, 0) is 42.3 Å². The molecular weight excluding hydrogens is 380 g/mol. The number of hydrogen-bond donors (Lipinski definition) is 0. The molecule has 0 saturated heterocycles. The van der Waals surface area contributed by atoms with Crippen LogP contribution in [0.3, 0.4) is 0 Å². The van der Waals surface area contributed by atoms with Gasteiger partial charge in [0.25, 0.3) is 0 Å². The highest BCUT2D eigenvalue weighted by molar-refractivity contribution is 9.10. The molecule has 0 spiro atoms. The Hall–Kier alpha value is -1.39. The molecule has 0 N–H and O–H groups in total. The van der Waals surface area contributed by atoms with Crippen molar-refractivity contribution in [2.45, 2.75) is 6.92 Å². The Morgan fingerprint density at radius 3 is 2.60 bits per heavy atom. The molecule has 3 aromatic rings. The molecule has 100 valence electrons. The fourth-order valence-corrected chi connectivity index (χ4v) is 3.15. The van der Waals surface area contributed by atoms with E-state index < -0.39 is 0 Å². The number of hydrogen-bond acceptors (Lipinski definition) is 1. The van der Waals surface area contributed by atoms with Gasteiger partial charge in [-0.1, -0.05) is 50.1 Å². The Balaban J connectivity index is 2.04. The third-order valence-corrected chi connectivity index (χ3v) is 4.36. The Morgan fingerprint density at radius 1 is 1.05 bits per heavy atom. The zero-order valence-electron chi connectivity index (χ0n) is 10.8. The first-order chi connectivity index (χ1) is 9.65.